The van der Waals surface area contributed by atoms with Crippen LogP contribution in [-0.4, -0.2) is 9.55 Å². The first kappa shape index (κ1) is 11.4. The van der Waals surface area contributed by atoms with Crippen LogP contribution in [0.15, 0.2) is 27.6 Å². The smallest absolute Gasteiger partial charge is 0.449 e. The van der Waals surface area contributed by atoms with E-state index < -0.39 is 40.5 Å². The molecule has 0 radical (unpaired) electrons. The van der Waals surface area contributed by atoms with E-state index in [1.54, 1.807) is 0 Å². The number of fused-ring (bicyclic) bond motifs is 3. The molecular formula is C12H6F4N2O2. The van der Waals surface area contributed by atoms with Gasteiger partial charge in [-0.1, -0.05) is 0 Å². The molecule has 0 aliphatic heterocycles. The van der Waals surface area contributed by atoms with Gasteiger partial charge in [0.25, 0.3) is 0 Å². The average Bonchev–Trinajstić information content (AvgIpc) is 2.70. The Hall–Kier alpha value is -2.38. The second-order valence-electron chi connectivity index (χ2n) is 4.15. The largest absolute Gasteiger partial charge is 0.462 e. The monoisotopic (exact) mass is 287 g/mol. The summed E-state index contributed by atoms with van der Waals surface area (Å²) in [6.07, 6.45) is -5.33. The normalized spacial score (nSPS) is 13.2. The second kappa shape index (κ2) is 3.81. The van der Waals surface area contributed by atoms with Crippen molar-refractivity contribution in [2.45, 2.75) is 6.18 Å². The Bertz CT molecular complexity index is 942. The molecule has 0 aliphatic carbocycles. The number of imidazole rings is 1. The number of hydrogen-bond acceptors (Lipinski definition) is 3. The summed E-state index contributed by atoms with van der Waals surface area (Å²) in [5, 5.41) is -0.261. The number of nitrogens with zero attached hydrogens (tertiary/aromatic N) is 2. The van der Waals surface area contributed by atoms with Crippen molar-refractivity contribution in [3.63, 3.8) is 0 Å². The van der Waals surface area contributed by atoms with Crippen LogP contribution in [0.1, 0.15) is 7.20 Å². The van der Waals surface area contributed by atoms with Gasteiger partial charge in [0.2, 0.25) is 5.82 Å². The first-order chi connectivity index (χ1) is 9.70. The second-order valence-corrected chi connectivity index (χ2v) is 4.15. The van der Waals surface area contributed by atoms with Gasteiger partial charge in [-0.3, -0.25) is 4.79 Å². The fourth-order valence-electron chi connectivity index (χ4n) is 2.08. The summed E-state index contributed by atoms with van der Waals surface area (Å²) in [7, 11) is 1.01. The van der Waals surface area contributed by atoms with Gasteiger partial charge in [0, 0.05) is 13.1 Å². The molecule has 104 valence electrons. The average molecular weight is 287 g/mol. The Morgan fingerprint density at radius 3 is 2.80 bits per heavy atom. The molecule has 2 heterocycles. The van der Waals surface area contributed by atoms with E-state index in [1.807, 2.05) is 0 Å². The Kier molecular flexibility index (Phi) is 2.18. The van der Waals surface area contributed by atoms with E-state index in [0.29, 0.717) is 4.57 Å². The van der Waals surface area contributed by atoms with E-state index >= 15 is 0 Å². The van der Waals surface area contributed by atoms with Gasteiger partial charge >= 0.3 is 6.18 Å². The third-order valence-electron chi connectivity index (χ3n) is 2.92. The van der Waals surface area contributed by atoms with Crippen molar-refractivity contribution in [1.29, 1.82) is 0 Å². The summed E-state index contributed by atoms with van der Waals surface area (Å²) in [4.78, 5) is 15.0. The van der Waals surface area contributed by atoms with Gasteiger partial charge in [0.15, 0.2) is 11.0 Å². The fraction of sp³-hybridized carbons (Fsp3) is 0.167. The number of aromatic nitrogens is 2. The molecule has 0 saturated heterocycles. The number of hydrogen-bond donors (Lipinski definition) is 0. The molecule has 8 heteroatoms. The van der Waals surface area contributed by atoms with Crippen LogP contribution in [0.25, 0.3) is 22.0 Å². The SMILES string of the molecule is [2H]c1cc(=O)c2cc(F)c3c(nc(C(F)(F)F)n3C)c2o1. The lowest BCUT2D eigenvalue weighted by Crippen LogP contribution is -2.12. The lowest BCUT2D eigenvalue weighted by Gasteiger charge is -2.05. The minimum atomic E-state index is -4.79. The van der Waals surface area contributed by atoms with Crippen LogP contribution < -0.4 is 5.43 Å². The van der Waals surface area contributed by atoms with Gasteiger partial charge < -0.3 is 8.98 Å². The van der Waals surface area contributed by atoms with Crippen LogP contribution in [0, 0.1) is 5.82 Å². The minimum absolute atomic E-state index is 0.261. The lowest BCUT2D eigenvalue weighted by molar-refractivity contribution is -0.146. The zero-order chi connectivity index (χ0) is 15.5. The predicted molar refractivity (Wildman–Crippen MR) is 61.7 cm³/mol. The van der Waals surface area contributed by atoms with Gasteiger partial charge in [-0.05, 0) is 6.07 Å². The molecule has 0 spiro atoms. The quantitative estimate of drug-likeness (QED) is 0.597. The van der Waals surface area contributed by atoms with Crippen LogP contribution in [0.4, 0.5) is 17.6 Å². The first-order valence-corrected chi connectivity index (χ1v) is 5.36. The maximum atomic E-state index is 14.0. The molecule has 1 aromatic carbocycles. The van der Waals surface area contributed by atoms with Crippen molar-refractivity contribution in [3.8, 4) is 0 Å². The minimum Gasteiger partial charge on any atom is -0.462 e. The van der Waals surface area contributed by atoms with Gasteiger partial charge in [-0.25, -0.2) is 9.37 Å². The van der Waals surface area contributed by atoms with Gasteiger partial charge in [0.05, 0.1) is 11.6 Å². The van der Waals surface area contributed by atoms with Gasteiger partial charge in [-0.2, -0.15) is 13.2 Å². The van der Waals surface area contributed by atoms with Crippen molar-refractivity contribution in [1.82, 2.24) is 9.55 Å². The van der Waals surface area contributed by atoms with E-state index in [2.05, 4.69) is 4.98 Å². The molecule has 0 aliphatic rings. The summed E-state index contributed by atoms with van der Waals surface area (Å²) >= 11 is 0. The molecule has 3 aromatic rings. The zero-order valence-corrected chi connectivity index (χ0v) is 9.88. The maximum Gasteiger partial charge on any atom is 0.449 e. The van der Waals surface area contributed by atoms with E-state index in [1.165, 1.54) is 0 Å². The molecule has 20 heavy (non-hydrogen) atoms. The van der Waals surface area contributed by atoms with Crippen LogP contribution in [0.3, 0.4) is 0 Å². The highest BCUT2D eigenvalue weighted by Gasteiger charge is 2.37. The molecule has 0 atom stereocenters. The maximum absolute atomic E-state index is 14.0. The van der Waals surface area contributed by atoms with Crippen LogP contribution in [0.5, 0.6) is 0 Å². The molecule has 0 bridgehead atoms. The highest BCUT2D eigenvalue weighted by molar-refractivity contribution is 6.00. The molecule has 3 rings (SSSR count). The zero-order valence-electron chi connectivity index (χ0n) is 10.9. The van der Waals surface area contributed by atoms with Crippen molar-refractivity contribution in [2.24, 2.45) is 7.05 Å². The third kappa shape index (κ3) is 1.60. The van der Waals surface area contributed by atoms with E-state index in [-0.39, 0.29) is 11.0 Å². The standard InChI is InChI=1S/C12H6F4N2O2/c1-18-9-6(13)4-5-7(19)2-3-20-10(5)8(9)17-11(18)12(14,15)16/h2-4H,1H3/i3D. The van der Waals surface area contributed by atoms with E-state index in [9.17, 15) is 22.4 Å². The van der Waals surface area contributed by atoms with Crippen molar-refractivity contribution in [3.05, 3.63) is 40.2 Å². The molecule has 0 fully saturated rings. The van der Waals surface area contributed by atoms with Crippen molar-refractivity contribution in [2.75, 3.05) is 0 Å². The number of benzene rings is 1. The number of halogens is 4. The summed E-state index contributed by atoms with van der Waals surface area (Å²) in [6, 6.07) is 1.59. The molecule has 2 aromatic heterocycles. The molecule has 0 amide bonds. The molecule has 0 N–H and O–H groups in total. The Morgan fingerprint density at radius 1 is 1.45 bits per heavy atom. The number of alkyl halides is 3. The Morgan fingerprint density at radius 2 is 2.15 bits per heavy atom. The van der Waals surface area contributed by atoms with Crippen LogP contribution in [-0.2, 0) is 13.2 Å². The summed E-state index contributed by atoms with van der Waals surface area (Å²) in [5.74, 6) is -2.34. The summed E-state index contributed by atoms with van der Waals surface area (Å²) in [6.45, 7) is 0. The number of rotatable bonds is 0. The van der Waals surface area contributed by atoms with Crippen molar-refractivity contribution < 1.29 is 23.3 Å². The molecule has 0 unspecified atom stereocenters. The topological polar surface area (TPSA) is 48.0 Å². The van der Waals surface area contributed by atoms with Gasteiger partial charge in [-0.15, -0.1) is 0 Å². The summed E-state index contributed by atoms with van der Waals surface area (Å²) in [5.41, 5.74) is -1.94. The predicted octanol–water partition coefficient (Wildman–Crippen LogP) is 2.84. The molecule has 0 saturated carbocycles. The number of aryl methyl sites for hydroxylation is 1. The lowest BCUT2D eigenvalue weighted by atomic mass is 10.2. The van der Waals surface area contributed by atoms with E-state index in [4.69, 9.17) is 5.79 Å². The molecular weight excluding hydrogens is 280 g/mol. The Balaban J connectivity index is 2.59. The molecule has 4 nitrogen and oxygen atoms in total. The fourth-order valence-corrected chi connectivity index (χ4v) is 2.08. The Labute approximate surface area is 109 Å². The van der Waals surface area contributed by atoms with Crippen molar-refractivity contribution >= 4 is 22.0 Å². The highest BCUT2D eigenvalue weighted by Crippen LogP contribution is 2.33. The summed E-state index contributed by atoms with van der Waals surface area (Å²) < 4.78 is 65.3. The third-order valence-corrected chi connectivity index (χ3v) is 2.92. The van der Waals surface area contributed by atoms with E-state index in [0.717, 1.165) is 19.2 Å². The van der Waals surface area contributed by atoms with Crippen LogP contribution in [0.2, 0.25) is 0 Å². The van der Waals surface area contributed by atoms with Gasteiger partial charge in [0.1, 0.15) is 18.2 Å². The first-order valence-electron chi connectivity index (χ1n) is 5.86. The van der Waals surface area contributed by atoms with Crippen LogP contribution >= 0.6 is 0 Å². The highest BCUT2D eigenvalue weighted by atomic mass is 19.4.